The smallest absolute Gasteiger partial charge is 0.0635 e. The number of benzene rings is 8. The first-order valence-electron chi connectivity index (χ1n) is 18.1. The molecule has 0 spiro atoms. The highest BCUT2D eigenvalue weighted by molar-refractivity contribution is 7.26. The van der Waals surface area contributed by atoms with Gasteiger partial charge >= 0.3 is 0 Å². The molecule has 0 amide bonds. The quantitative estimate of drug-likeness (QED) is 0.170. The van der Waals surface area contributed by atoms with Gasteiger partial charge in [0.15, 0.2) is 0 Å². The zero-order valence-corrected chi connectivity index (χ0v) is 29.6. The Hall–Kier alpha value is -6.68. The van der Waals surface area contributed by atoms with Crippen molar-refractivity contribution in [3.63, 3.8) is 0 Å². The first-order chi connectivity index (χ1) is 26.3. The molecule has 8 aromatic carbocycles. The van der Waals surface area contributed by atoms with E-state index in [-0.39, 0.29) is 0 Å². The van der Waals surface area contributed by atoms with Gasteiger partial charge in [-0.2, -0.15) is 0 Å². The highest BCUT2D eigenvalue weighted by Gasteiger charge is 2.21. The van der Waals surface area contributed by atoms with Crippen molar-refractivity contribution in [3.05, 3.63) is 194 Å². The lowest BCUT2D eigenvalue weighted by molar-refractivity contribution is 1.13. The van der Waals surface area contributed by atoms with Crippen LogP contribution in [0.25, 0.3) is 97.6 Å². The fourth-order valence-electron chi connectivity index (χ4n) is 8.38. The van der Waals surface area contributed by atoms with E-state index in [0.29, 0.717) is 0 Å². The van der Waals surface area contributed by atoms with Crippen LogP contribution >= 0.6 is 11.3 Å². The Morgan fingerprint density at radius 3 is 1.55 bits per heavy atom. The molecule has 53 heavy (non-hydrogen) atoms. The Morgan fingerprint density at radius 1 is 0.340 bits per heavy atom. The Kier molecular flexibility index (Phi) is 6.76. The lowest BCUT2D eigenvalue weighted by Crippen LogP contribution is -1.97. The zero-order chi connectivity index (χ0) is 34.9. The van der Waals surface area contributed by atoms with Crippen LogP contribution in [0.3, 0.4) is 0 Å². The molecule has 3 aromatic heterocycles. The van der Waals surface area contributed by atoms with Crippen LogP contribution in [0.2, 0.25) is 0 Å². The van der Waals surface area contributed by atoms with E-state index in [2.05, 4.69) is 203 Å². The van der Waals surface area contributed by atoms with E-state index in [1.807, 2.05) is 11.3 Å². The van der Waals surface area contributed by atoms with Crippen molar-refractivity contribution in [3.8, 4) is 44.8 Å². The van der Waals surface area contributed by atoms with Gasteiger partial charge in [0.25, 0.3) is 0 Å². The zero-order valence-electron chi connectivity index (χ0n) is 28.8. The topological polar surface area (TPSA) is 9.86 Å². The fourth-order valence-corrected chi connectivity index (χ4v) is 9.75. The molecule has 248 valence electrons. The number of thiophene rings is 1. The van der Waals surface area contributed by atoms with Crippen LogP contribution in [-0.4, -0.2) is 9.13 Å². The second-order valence-electron chi connectivity index (χ2n) is 13.7. The molecule has 0 aliphatic carbocycles. The lowest BCUT2D eigenvalue weighted by atomic mass is 9.99. The van der Waals surface area contributed by atoms with Crippen LogP contribution in [0, 0.1) is 0 Å². The van der Waals surface area contributed by atoms with E-state index in [1.54, 1.807) is 0 Å². The third-order valence-corrected chi connectivity index (χ3v) is 12.1. The Bertz CT molecular complexity index is 3130. The second-order valence-corrected chi connectivity index (χ2v) is 14.7. The van der Waals surface area contributed by atoms with Crippen molar-refractivity contribution in [2.24, 2.45) is 0 Å². The lowest BCUT2D eigenvalue weighted by Gasteiger charge is -2.14. The molecule has 0 aliphatic rings. The standard InChI is InChI=1S/C50H32N2S/c1-4-14-33(15-5-1)38-21-12-23-41-42-24-13-22-39(50(42)53-49(38)41)35-26-28-37(29-27-35)52-46-25-11-10-20-40(46)45-32-44(34-16-6-2-7-17-34)47-43(48(45)52)30-31-51(47)36-18-8-3-9-19-36/h1-32H. The van der Waals surface area contributed by atoms with Gasteiger partial charge in [0.1, 0.15) is 0 Å². The summed E-state index contributed by atoms with van der Waals surface area (Å²) in [4.78, 5) is 0. The molecule has 0 saturated carbocycles. The number of rotatable bonds is 5. The summed E-state index contributed by atoms with van der Waals surface area (Å²) in [6, 6.07) is 68.4. The molecule has 11 aromatic rings. The molecule has 0 saturated heterocycles. The molecule has 0 aliphatic heterocycles. The Labute approximate surface area is 311 Å². The average Bonchev–Trinajstić information content (AvgIpc) is 3.94. The van der Waals surface area contributed by atoms with Gasteiger partial charge in [-0.3, -0.25) is 0 Å². The second kappa shape index (κ2) is 11.9. The molecule has 11 rings (SSSR count). The van der Waals surface area contributed by atoms with E-state index in [0.717, 1.165) is 11.4 Å². The third-order valence-electron chi connectivity index (χ3n) is 10.8. The Morgan fingerprint density at radius 2 is 0.887 bits per heavy atom. The molecular formula is C50H32N2S. The minimum Gasteiger partial charge on any atom is -0.316 e. The molecule has 0 fully saturated rings. The van der Waals surface area contributed by atoms with Gasteiger partial charge in [-0.15, -0.1) is 11.3 Å². The SMILES string of the molecule is c1ccc(-c2cccc3c2sc2c(-c4ccc(-n5c6ccccc6c6cc(-c7ccccc7)c7c(ccn7-c7ccccc7)c65)cc4)cccc23)cc1. The van der Waals surface area contributed by atoms with Gasteiger partial charge in [-0.1, -0.05) is 146 Å². The normalized spacial score (nSPS) is 11.8. The molecule has 2 nitrogen and oxygen atoms in total. The van der Waals surface area contributed by atoms with E-state index >= 15 is 0 Å². The number of fused-ring (bicyclic) bond motifs is 8. The summed E-state index contributed by atoms with van der Waals surface area (Å²) < 4.78 is 7.47. The van der Waals surface area contributed by atoms with E-state index in [1.165, 1.54) is 86.3 Å². The number of hydrogen-bond donors (Lipinski definition) is 0. The maximum absolute atomic E-state index is 2.47. The first kappa shape index (κ1) is 30.0. The minimum atomic E-state index is 1.15. The van der Waals surface area contributed by atoms with Gasteiger partial charge < -0.3 is 9.13 Å². The average molecular weight is 693 g/mol. The van der Waals surface area contributed by atoms with Crippen LogP contribution in [0.5, 0.6) is 0 Å². The molecule has 0 unspecified atom stereocenters. The molecule has 0 N–H and O–H groups in total. The van der Waals surface area contributed by atoms with Crippen molar-refractivity contribution in [2.45, 2.75) is 0 Å². The van der Waals surface area contributed by atoms with Crippen LogP contribution in [-0.2, 0) is 0 Å². The summed E-state index contributed by atoms with van der Waals surface area (Å²) in [5, 5.41) is 6.37. The van der Waals surface area contributed by atoms with Crippen molar-refractivity contribution in [1.29, 1.82) is 0 Å². The fraction of sp³-hybridized carbons (Fsp3) is 0. The highest BCUT2D eigenvalue weighted by Crippen LogP contribution is 2.45. The summed E-state index contributed by atoms with van der Waals surface area (Å²) in [6.07, 6.45) is 2.23. The molecule has 0 atom stereocenters. The summed E-state index contributed by atoms with van der Waals surface area (Å²) >= 11 is 1.90. The van der Waals surface area contributed by atoms with Crippen molar-refractivity contribution < 1.29 is 0 Å². The molecule has 3 heterocycles. The third kappa shape index (κ3) is 4.64. The monoisotopic (exact) mass is 692 g/mol. The maximum Gasteiger partial charge on any atom is 0.0635 e. The van der Waals surface area contributed by atoms with Crippen molar-refractivity contribution in [1.82, 2.24) is 9.13 Å². The summed E-state index contributed by atoms with van der Waals surface area (Å²) in [5.74, 6) is 0. The van der Waals surface area contributed by atoms with Crippen LogP contribution < -0.4 is 0 Å². The summed E-state index contributed by atoms with van der Waals surface area (Å²) in [6.45, 7) is 0. The summed E-state index contributed by atoms with van der Waals surface area (Å²) in [7, 11) is 0. The van der Waals surface area contributed by atoms with Crippen LogP contribution in [0.4, 0.5) is 0 Å². The number of hydrogen-bond acceptors (Lipinski definition) is 1. The molecule has 0 radical (unpaired) electrons. The van der Waals surface area contributed by atoms with Crippen LogP contribution in [0.1, 0.15) is 0 Å². The predicted molar refractivity (Wildman–Crippen MR) is 227 cm³/mol. The van der Waals surface area contributed by atoms with Gasteiger partial charge in [0, 0.05) is 59.5 Å². The van der Waals surface area contributed by atoms with E-state index in [4.69, 9.17) is 0 Å². The van der Waals surface area contributed by atoms with E-state index in [9.17, 15) is 0 Å². The van der Waals surface area contributed by atoms with Crippen LogP contribution in [0.15, 0.2) is 194 Å². The highest BCUT2D eigenvalue weighted by atomic mass is 32.1. The number of aromatic nitrogens is 2. The minimum absolute atomic E-state index is 1.15. The molecular weight excluding hydrogens is 661 g/mol. The summed E-state index contributed by atoms with van der Waals surface area (Å²) in [5.41, 5.74) is 13.4. The largest absolute Gasteiger partial charge is 0.316 e. The number of nitrogens with zero attached hydrogens (tertiary/aromatic N) is 2. The molecule has 3 heteroatoms. The van der Waals surface area contributed by atoms with Gasteiger partial charge in [-0.25, -0.2) is 0 Å². The van der Waals surface area contributed by atoms with Crippen molar-refractivity contribution >= 4 is 64.2 Å². The van der Waals surface area contributed by atoms with E-state index < -0.39 is 0 Å². The van der Waals surface area contributed by atoms with Gasteiger partial charge in [0.05, 0.1) is 16.6 Å². The van der Waals surface area contributed by atoms with Gasteiger partial charge in [-0.05, 0) is 70.3 Å². The predicted octanol–water partition coefficient (Wildman–Crippen LogP) is 14.1. The van der Waals surface area contributed by atoms with Gasteiger partial charge in [0.2, 0.25) is 0 Å². The Balaban J connectivity index is 1.12. The molecule has 0 bridgehead atoms. The van der Waals surface area contributed by atoms with Crippen molar-refractivity contribution in [2.75, 3.05) is 0 Å². The number of para-hydroxylation sites is 2. The first-order valence-corrected chi connectivity index (χ1v) is 18.9. The maximum atomic E-state index is 2.47.